The molecular weight excluding hydrogens is 230 g/mol. The van der Waals surface area contributed by atoms with Crippen molar-refractivity contribution in [3.63, 3.8) is 0 Å². The van der Waals surface area contributed by atoms with Gasteiger partial charge in [0.05, 0.1) is 11.7 Å². The van der Waals surface area contributed by atoms with Gasteiger partial charge in [0.1, 0.15) is 5.75 Å². The first-order chi connectivity index (χ1) is 6.20. The Morgan fingerprint density at radius 1 is 1.38 bits per heavy atom. The fraction of sp³-hybridized carbons (Fsp3) is 0.100. The number of aromatic hydroxyl groups is 1. The Bertz CT molecular complexity index is 468. The van der Waals surface area contributed by atoms with Crippen LogP contribution in [0.5, 0.6) is 5.75 Å². The Morgan fingerprint density at radius 3 is 2.92 bits per heavy atom. The second kappa shape index (κ2) is 3.00. The summed E-state index contributed by atoms with van der Waals surface area (Å²) in [4.78, 5) is 4.14. The van der Waals surface area contributed by atoms with Gasteiger partial charge in [0, 0.05) is 15.4 Å². The molecule has 66 valence electrons. The molecule has 1 heterocycles. The van der Waals surface area contributed by atoms with Gasteiger partial charge in [0.2, 0.25) is 0 Å². The van der Waals surface area contributed by atoms with E-state index in [2.05, 4.69) is 20.9 Å². The van der Waals surface area contributed by atoms with E-state index in [9.17, 15) is 5.11 Å². The number of para-hydroxylation sites is 1. The van der Waals surface area contributed by atoms with Crippen LogP contribution in [-0.4, -0.2) is 10.1 Å². The molecular formula is C10H8BrNO. The van der Waals surface area contributed by atoms with E-state index in [1.165, 1.54) is 6.20 Å². The summed E-state index contributed by atoms with van der Waals surface area (Å²) >= 11 is 3.41. The highest BCUT2D eigenvalue weighted by Gasteiger charge is 2.04. The maximum Gasteiger partial charge on any atom is 0.137 e. The summed E-state index contributed by atoms with van der Waals surface area (Å²) in [5, 5.41) is 10.4. The molecule has 0 amide bonds. The van der Waals surface area contributed by atoms with Crippen molar-refractivity contribution in [2.75, 3.05) is 0 Å². The molecule has 1 aromatic carbocycles. The summed E-state index contributed by atoms with van der Waals surface area (Å²) in [5.74, 6) is 0.241. The number of hydrogen-bond acceptors (Lipinski definition) is 2. The minimum Gasteiger partial charge on any atom is -0.506 e. The molecule has 0 atom stereocenters. The molecule has 2 nitrogen and oxygen atoms in total. The predicted octanol–water partition coefficient (Wildman–Crippen LogP) is 3.01. The van der Waals surface area contributed by atoms with Gasteiger partial charge in [-0.3, -0.25) is 4.98 Å². The number of aromatic nitrogens is 1. The predicted molar refractivity (Wildman–Crippen MR) is 55.8 cm³/mol. The third-order valence-corrected chi connectivity index (χ3v) is 2.73. The van der Waals surface area contributed by atoms with E-state index in [1.807, 2.05) is 25.1 Å². The molecule has 0 aliphatic rings. The van der Waals surface area contributed by atoms with Crippen LogP contribution in [0.1, 0.15) is 5.56 Å². The van der Waals surface area contributed by atoms with Crippen LogP contribution in [0, 0.1) is 6.92 Å². The lowest BCUT2D eigenvalue weighted by Gasteiger charge is -2.04. The van der Waals surface area contributed by atoms with E-state index >= 15 is 0 Å². The van der Waals surface area contributed by atoms with Gasteiger partial charge in [-0.15, -0.1) is 0 Å². The van der Waals surface area contributed by atoms with Gasteiger partial charge in [0.15, 0.2) is 0 Å². The largest absolute Gasteiger partial charge is 0.506 e. The molecule has 0 spiro atoms. The highest BCUT2D eigenvalue weighted by Crippen LogP contribution is 2.28. The van der Waals surface area contributed by atoms with E-state index in [4.69, 9.17) is 0 Å². The molecule has 1 aromatic heterocycles. The molecule has 0 aliphatic carbocycles. The lowest BCUT2D eigenvalue weighted by molar-refractivity contribution is 0.470. The van der Waals surface area contributed by atoms with Crippen molar-refractivity contribution in [1.29, 1.82) is 0 Å². The number of aryl methyl sites for hydroxylation is 1. The minimum atomic E-state index is 0.241. The Hall–Kier alpha value is -1.09. The van der Waals surface area contributed by atoms with Gasteiger partial charge in [0.25, 0.3) is 0 Å². The van der Waals surface area contributed by atoms with Gasteiger partial charge in [-0.2, -0.15) is 0 Å². The molecule has 0 bridgehead atoms. The zero-order chi connectivity index (χ0) is 9.42. The van der Waals surface area contributed by atoms with Crippen LogP contribution >= 0.6 is 15.9 Å². The van der Waals surface area contributed by atoms with Crippen molar-refractivity contribution in [3.8, 4) is 5.75 Å². The summed E-state index contributed by atoms with van der Waals surface area (Å²) in [6.45, 7) is 1.88. The third-order valence-electron chi connectivity index (χ3n) is 2.09. The SMILES string of the molecule is Cc1c(O)cnc2c(Br)cccc12. The normalized spacial score (nSPS) is 10.6. The van der Waals surface area contributed by atoms with Crippen LogP contribution in [0.15, 0.2) is 28.9 Å². The topological polar surface area (TPSA) is 33.1 Å². The summed E-state index contributed by atoms with van der Waals surface area (Å²) < 4.78 is 0.952. The molecule has 0 saturated carbocycles. The van der Waals surface area contributed by atoms with E-state index < -0.39 is 0 Å². The molecule has 0 saturated heterocycles. The number of hydrogen-bond donors (Lipinski definition) is 1. The van der Waals surface area contributed by atoms with Crippen molar-refractivity contribution >= 4 is 26.8 Å². The maximum absolute atomic E-state index is 9.43. The van der Waals surface area contributed by atoms with Crippen molar-refractivity contribution in [1.82, 2.24) is 4.98 Å². The van der Waals surface area contributed by atoms with Crippen LogP contribution < -0.4 is 0 Å². The quantitative estimate of drug-likeness (QED) is 0.765. The molecule has 3 heteroatoms. The molecule has 0 aliphatic heterocycles. The Morgan fingerprint density at radius 2 is 2.15 bits per heavy atom. The van der Waals surface area contributed by atoms with Crippen LogP contribution in [0.2, 0.25) is 0 Å². The second-order valence-corrected chi connectivity index (χ2v) is 3.76. The molecule has 13 heavy (non-hydrogen) atoms. The highest BCUT2D eigenvalue weighted by molar-refractivity contribution is 9.10. The zero-order valence-electron chi connectivity index (χ0n) is 7.08. The summed E-state index contributed by atoms with van der Waals surface area (Å²) in [7, 11) is 0. The lowest BCUT2D eigenvalue weighted by Crippen LogP contribution is -1.84. The number of halogens is 1. The van der Waals surface area contributed by atoms with Gasteiger partial charge >= 0.3 is 0 Å². The van der Waals surface area contributed by atoms with Crippen LogP contribution in [-0.2, 0) is 0 Å². The summed E-state index contributed by atoms with van der Waals surface area (Å²) in [6.07, 6.45) is 1.47. The average molecular weight is 238 g/mol. The number of nitrogens with zero attached hydrogens (tertiary/aromatic N) is 1. The highest BCUT2D eigenvalue weighted by atomic mass is 79.9. The molecule has 2 aromatic rings. The zero-order valence-corrected chi connectivity index (χ0v) is 8.67. The van der Waals surface area contributed by atoms with Crippen molar-refractivity contribution < 1.29 is 5.11 Å². The molecule has 0 unspecified atom stereocenters. The summed E-state index contributed by atoms with van der Waals surface area (Å²) in [6, 6.07) is 5.81. The molecule has 0 radical (unpaired) electrons. The van der Waals surface area contributed by atoms with Gasteiger partial charge in [-0.1, -0.05) is 12.1 Å². The maximum atomic E-state index is 9.43. The summed E-state index contributed by atoms with van der Waals surface area (Å²) in [5.41, 5.74) is 1.75. The van der Waals surface area contributed by atoms with Crippen LogP contribution in [0.4, 0.5) is 0 Å². The van der Waals surface area contributed by atoms with E-state index in [1.54, 1.807) is 0 Å². The minimum absolute atomic E-state index is 0.241. The number of rotatable bonds is 0. The van der Waals surface area contributed by atoms with Crippen molar-refractivity contribution in [3.05, 3.63) is 34.4 Å². The third kappa shape index (κ3) is 1.29. The van der Waals surface area contributed by atoms with E-state index in [0.717, 1.165) is 20.9 Å². The van der Waals surface area contributed by atoms with E-state index in [0.29, 0.717) is 0 Å². The monoisotopic (exact) mass is 237 g/mol. The standard InChI is InChI=1S/C10H8BrNO/c1-6-7-3-2-4-8(11)10(7)12-5-9(6)13/h2-5,13H,1H3. The molecule has 1 N–H and O–H groups in total. The van der Waals surface area contributed by atoms with Gasteiger partial charge in [-0.25, -0.2) is 0 Å². The van der Waals surface area contributed by atoms with Gasteiger partial charge < -0.3 is 5.11 Å². The first kappa shape index (κ1) is 8.51. The fourth-order valence-corrected chi connectivity index (χ4v) is 1.78. The first-order valence-corrected chi connectivity index (χ1v) is 4.72. The Balaban J connectivity index is 2.94. The number of fused-ring (bicyclic) bond motifs is 1. The van der Waals surface area contributed by atoms with Crippen LogP contribution in [0.25, 0.3) is 10.9 Å². The van der Waals surface area contributed by atoms with Crippen molar-refractivity contribution in [2.24, 2.45) is 0 Å². The smallest absolute Gasteiger partial charge is 0.137 e. The van der Waals surface area contributed by atoms with Crippen molar-refractivity contribution in [2.45, 2.75) is 6.92 Å². The second-order valence-electron chi connectivity index (χ2n) is 2.90. The Kier molecular flexibility index (Phi) is 1.96. The number of benzene rings is 1. The van der Waals surface area contributed by atoms with Crippen LogP contribution in [0.3, 0.4) is 0 Å². The Labute approximate surface area is 84.4 Å². The molecule has 0 fully saturated rings. The van der Waals surface area contributed by atoms with E-state index in [-0.39, 0.29) is 5.75 Å². The average Bonchev–Trinajstić information content (AvgIpc) is 2.12. The first-order valence-electron chi connectivity index (χ1n) is 3.93. The fourth-order valence-electron chi connectivity index (χ4n) is 1.31. The molecule has 2 rings (SSSR count). The van der Waals surface area contributed by atoms with Gasteiger partial charge in [-0.05, 0) is 28.9 Å². The lowest BCUT2D eigenvalue weighted by atomic mass is 10.1. The number of pyridine rings is 1.